The number of hydrogen-bond donors (Lipinski definition) is 1. The first-order valence-electron chi connectivity index (χ1n) is 8.17. The molecule has 0 fully saturated rings. The van der Waals surface area contributed by atoms with Gasteiger partial charge in [0.25, 0.3) is 0 Å². The van der Waals surface area contributed by atoms with Crippen LogP contribution in [-0.2, 0) is 22.4 Å². The van der Waals surface area contributed by atoms with Crippen LogP contribution in [0.5, 0.6) is 0 Å². The van der Waals surface area contributed by atoms with Gasteiger partial charge in [-0.25, -0.2) is 4.79 Å². The number of carbonyl (C=O) groups is 2. The number of hydrogen-bond acceptors (Lipinski definition) is 3. The van der Waals surface area contributed by atoms with Crippen LogP contribution in [0.1, 0.15) is 18.1 Å². The van der Waals surface area contributed by atoms with Crippen molar-refractivity contribution in [1.29, 1.82) is 0 Å². The lowest BCUT2D eigenvalue weighted by molar-refractivity contribution is -0.115. The third-order valence-electron chi connectivity index (χ3n) is 4.11. The van der Waals surface area contributed by atoms with Crippen LogP contribution in [0, 0.1) is 0 Å². The molecule has 25 heavy (non-hydrogen) atoms. The first-order valence-corrected chi connectivity index (χ1v) is 8.71. The van der Waals surface area contributed by atoms with Crippen molar-refractivity contribution in [3.63, 3.8) is 0 Å². The molecule has 2 amide bonds. The number of aryl methyl sites for hydroxylation is 2. The van der Waals surface area contributed by atoms with Gasteiger partial charge >= 0.3 is 6.09 Å². The standard InChI is InChI=1S/C19H19ClN2O3/c1-2-25-19(24)21-15-10-9-14-8-7-13-5-3-4-6-16(13)22(17(14)11-15)18(23)12-20/h3-6,9-11H,2,7-8,12H2,1H3,(H,21,24). The van der Waals surface area contributed by atoms with Crippen LogP contribution in [-0.4, -0.2) is 24.5 Å². The van der Waals surface area contributed by atoms with Crippen molar-refractivity contribution in [1.82, 2.24) is 0 Å². The molecule has 0 aliphatic carbocycles. The topological polar surface area (TPSA) is 58.6 Å². The summed E-state index contributed by atoms with van der Waals surface area (Å²) in [7, 11) is 0. The van der Waals surface area contributed by atoms with Gasteiger partial charge in [0.2, 0.25) is 5.91 Å². The Bertz CT molecular complexity index is 807. The number of para-hydroxylation sites is 1. The summed E-state index contributed by atoms with van der Waals surface area (Å²) in [6.07, 6.45) is 1.12. The van der Waals surface area contributed by atoms with Crippen LogP contribution in [0.4, 0.5) is 21.9 Å². The Hall–Kier alpha value is -2.53. The van der Waals surface area contributed by atoms with Crippen molar-refractivity contribution in [2.75, 3.05) is 22.7 Å². The lowest BCUT2D eigenvalue weighted by Gasteiger charge is -2.24. The van der Waals surface area contributed by atoms with Crippen LogP contribution in [0.2, 0.25) is 0 Å². The molecular weight excluding hydrogens is 340 g/mol. The van der Waals surface area contributed by atoms with Crippen LogP contribution < -0.4 is 10.2 Å². The third-order valence-corrected chi connectivity index (χ3v) is 4.34. The summed E-state index contributed by atoms with van der Waals surface area (Å²) in [5, 5.41) is 2.68. The molecule has 5 nitrogen and oxygen atoms in total. The van der Waals surface area contributed by atoms with E-state index in [9.17, 15) is 9.59 Å². The average molecular weight is 359 g/mol. The summed E-state index contributed by atoms with van der Waals surface area (Å²) in [5.74, 6) is -0.325. The number of nitrogens with one attached hydrogen (secondary N) is 1. The van der Waals surface area contributed by atoms with Crippen molar-refractivity contribution < 1.29 is 14.3 Å². The van der Waals surface area contributed by atoms with Crippen LogP contribution in [0.15, 0.2) is 42.5 Å². The number of alkyl halides is 1. The number of ether oxygens (including phenoxy) is 1. The molecule has 0 atom stereocenters. The number of nitrogens with zero attached hydrogens (tertiary/aromatic N) is 1. The molecule has 1 aliphatic heterocycles. The van der Waals surface area contributed by atoms with Gasteiger partial charge in [0.15, 0.2) is 0 Å². The molecule has 1 aliphatic rings. The van der Waals surface area contributed by atoms with Gasteiger partial charge in [-0.3, -0.25) is 15.0 Å². The van der Waals surface area contributed by atoms with Gasteiger partial charge in [-0.2, -0.15) is 0 Å². The summed E-state index contributed by atoms with van der Waals surface area (Å²) in [6.45, 7) is 2.04. The van der Waals surface area contributed by atoms with Gasteiger partial charge < -0.3 is 4.74 Å². The van der Waals surface area contributed by atoms with Crippen LogP contribution in [0.3, 0.4) is 0 Å². The molecule has 0 unspecified atom stereocenters. The monoisotopic (exact) mass is 358 g/mol. The SMILES string of the molecule is CCOC(=O)Nc1ccc2c(c1)N(C(=O)CCl)c1ccccc1CC2. The third kappa shape index (κ3) is 3.61. The number of amides is 2. The number of rotatable bonds is 3. The number of fused-ring (bicyclic) bond motifs is 2. The molecule has 0 saturated heterocycles. The molecule has 2 aromatic rings. The largest absolute Gasteiger partial charge is 0.450 e. The highest BCUT2D eigenvalue weighted by molar-refractivity contribution is 6.30. The maximum atomic E-state index is 12.6. The van der Waals surface area contributed by atoms with Crippen LogP contribution >= 0.6 is 11.6 Å². The van der Waals surface area contributed by atoms with E-state index >= 15 is 0 Å². The van der Waals surface area contributed by atoms with E-state index in [4.69, 9.17) is 16.3 Å². The highest BCUT2D eigenvalue weighted by atomic mass is 35.5. The Labute approximate surface area is 151 Å². The van der Waals surface area contributed by atoms with Crippen molar-refractivity contribution in [2.45, 2.75) is 19.8 Å². The molecule has 2 aromatic carbocycles. The van der Waals surface area contributed by atoms with E-state index in [2.05, 4.69) is 5.32 Å². The number of carbonyl (C=O) groups excluding carboxylic acids is 2. The van der Waals surface area contributed by atoms with E-state index in [-0.39, 0.29) is 11.8 Å². The van der Waals surface area contributed by atoms with Crippen molar-refractivity contribution in [2.24, 2.45) is 0 Å². The Morgan fingerprint density at radius 3 is 2.56 bits per heavy atom. The van der Waals surface area contributed by atoms with Crippen LogP contribution in [0.25, 0.3) is 0 Å². The zero-order valence-electron chi connectivity index (χ0n) is 13.9. The minimum absolute atomic E-state index is 0.122. The zero-order valence-corrected chi connectivity index (χ0v) is 14.7. The molecule has 1 N–H and O–H groups in total. The van der Waals surface area contributed by atoms with Gasteiger partial charge in [0.05, 0.1) is 18.0 Å². The first-order chi connectivity index (χ1) is 12.1. The van der Waals surface area contributed by atoms with Gasteiger partial charge in [0.1, 0.15) is 5.88 Å². The molecule has 0 radical (unpaired) electrons. The molecule has 0 saturated carbocycles. The maximum Gasteiger partial charge on any atom is 0.411 e. The lowest BCUT2D eigenvalue weighted by Crippen LogP contribution is -2.28. The molecule has 6 heteroatoms. The zero-order chi connectivity index (χ0) is 17.8. The Balaban J connectivity index is 2.05. The summed E-state index contributed by atoms with van der Waals surface area (Å²) in [4.78, 5) is 25.9. The minimum Gasteiger partial charge on any atom is -0.450 e. The van der Waals surface area contributed by atoms with Gasteiger partial charge in [-0.05, 0) is 49.1 Å². The highest BCUT2D eigenvalue weighted by Crippen LogP contribution is 2.37. The van der Waals surface area contributed by atoms with Crippen molar-refractivity contribution >= 4 is 40.7 Å². The van der Waals surface area contributed by atoms with Gasteiger partial charge in [-0.15, -0.1) is 11.6 Å². The Kier molecular flexibility index (Phi) is 5.24. The Morgan fingerprint density at radius 2 is 1.84 bits per heavy atom. The van der Waals surface area contributed by atoms with Gasteiger partial charge in [0, 0.05) is 5.69 Å². The van der Waals surface area contributed by atoms with Crippen molar-refractivity contribution in [3.8, 4) is 0 Å². The normalized spacial score (nSPS) is 12.6. The molecule has 0 spiro atoms. The minimum atomic E-state index is -0.522. The Morgan fingerprint density at radius 1 is 1.12 bits per heavy atom. The summed E-state index contributed by atoms with van der Waals surface area (Å²) < 4.78 is 4.91. The van der Waals surface area contributed by atoms with E-state index in [0.29, 0.717) is 12.3 Å². The summed E-state index contributed by atoms with van der Waals surface area (Å²) in [6, 6.07) is 13.3. The molecular formula is C19H19ClN2O3. The van der Waals surface area contributed by atoms with Gasteiger partial charge in [-0.1, -0.05) is 24.3 Å². The highest BCUT2D eigenvalue weighted by Gasteiger charge is 2.25. The predicted octanol–water partition coefficient (Wildman–Crippen LogP) is 4.26. The smallest absolute Gasteiger partial charge is 0.411 e. The predicted molar refractivity (Wildman–Crippen MR) is 98.8 cm³/mol. The molecule has 0 bridgehead atoms. The number of anilines is 3. The molecule has 3 rings (SSSR count). The second kappa shape index (κ2) is 7.57. The first kappa shape index (κ1) is 17.3. The molecule has 0 aromatic heterocycles. The van der Waals surface area contributed by atoms with Crippen molar-refractivity contribution in [3.05, 3.63) is 53.6 Å². The fourth-order valence-electron chi connectivity index (χ4n) is 3.01. The van der Waals surface area contributed by atoms with E-state index in [0.717, 1.165) is 35.3 Å². The second-order valence-electron chi connectivity index (χ2n) is 5.68. The molecule has 1 heterocycles. The quantitative estimate of drug-likeness (QED) is 0.834. The van der Waals surface area contributed by atoms with E-state index in [1.54, 1.807) is 17.9 Å². The summed E-state index contributed by atoms with van der Waals surface area (Å²) in [5.41, 5.74) is 4.27. The summed E-state index contributed by atoms with van der Waals surface area (Å²) >= 11 is 5.86. The fraction of sp³-hybridized carbons (Fsp3) is 0.263. The second-order valence-corrected chi connectivity index (χ2v) is 5.95. The number of benzene rings is 2. The van der Waals surface area contributed by atoms with E-state index < -0.39 is 6.09 Å². The van der Waals surface area contributed by atoms with E-state index in [1.807, 2.05) is 36.4 Å². The van der Waals surface area contributed by atoms with E-state index in [1.165, 1.54) is 0 Å². The lowest BCUT2D eigenvalue weighted by atomic mass is 10.0. The molecule has 130 valence electrons. The fourth-order valence-corrected chi connectivity index (χ4v) is 3.13. The number of halogens is 1. The maximum absolute atomic E-state index is 12.6. The average Bonchev–Trinajstić information content (AvgIpc) is 2.78.